The van der Waals surface area contributed by atoms with Crippen molar-refractivity contribution in [3.05, 3.63) is 65.2 Å². The van der Waals surface area contributed by atoms with Gasteiger partial charge in [0.2, 0.25) is 0 Å². The number of rotatable bonds is 4. The number of anilines is 1. The number of amides is 2. The van der Waals surface area contributed by atoms with Crippen molar-refractivity contribution >= 4 is 17.5 Å². The van der Waals surface area contributed by atoms with E-state index in [1.165, 1.54) is 5.56 Å². The number of carbonyl (C=O) groups is 2. The summed E-state index contributed by atoms with van der Waals surface area (Å²) in [5.41, 5.74) is 3.85. The molecule has 2 aromatic rings. The SMILES string of the molecule is CCc1ccc(CNC(=O)C(=O)Nc2cccc(C)c2)cc1. The molecule has 114 valence electrons. The van der Waals surface area contributed by atoms with Gasteiger partial charge in [-0.3, -0.25) is 9.59 Å². The summed E-state index contributed by atoms with van der Waals surface area (Å²) in [7, 11) is 0. The monoisotopic (exact) mass is 296 g/mol. The Morgan fingerprint density at radius 2 is 1.64 bits per heavy atom. The van der Waals surface area contributed by atoms with E-state index in [1.807, 2.05) is 49.4 Å². The predicted molar refractivity (Wildman–Crippen MR) is 87.5 cm³/mol. The van der Waals surface area contributed by atoms with Gasteiger partial charge in [0.05, 0.1) is 0 Å². The average Bonchev–Trinajstić information content (AvgIpc) is 2.53. The Morgan fingerprint density at radius 3 is 2.27 bits per heavy atom. The molecule has 22 heavy (non-hydrogen) atoms. The van der Waals surface area contributed by atoms with Gasteiger partial charge in [-0.25, -0.2) is 0 Å². The molecule has 0 atom stereocenters. The molecule has 0 saturated heterocycles. The molecule has 0 bridgehead atoms. The van der Waals surface area contributed by atoms with E-state index in [4.69, 9.17) is 0 Å². The average molecular weight is 296 g/mol. The molecule has 0 aliphatic carbocycles. The molecule has 0 fully saturated rings. The Labute approximate surface area is 130 Å². The van der Waals surface area contributed by atoms with E-state index in [-0.39, 0.29) is 0 Å². The third-order valence-corrected chi connectivity index (χ3v) is 3.37. The lowest BCUT2D eigenvalue weighted by atomic mass is 10.1. The van der Waals surface area contributed by atoms with Crippen LogP contribution in [0.5, 0.6) is 0 Å². The second-order valence-electron chi connectivity index (χ2n) is 5.18. The first-order valence-electron chi connectivity index (χ1n) is 7.32. The molecule has 0 unspecified atom stereocenters. The summed E-state index contributed by atoms with van der Waals surface area (Å²) < 4.78 is 0. The largest absolute Gasteiger partial charge is 0.344 e. The van der Waals surface area contributed by atoms with E-state index in [1.54, 1.807) is 6.07 Å². The highest BCUT2D eigenvalue weighted by atomic mass is 16.2. The Hall–Kier alpha value is -2.62. The van der Waals surface area contributed by atoms with E-state index in [9.17, 15) is 9.59 Å². The maximum atomic E-state index is 11.8. The van der Waals surface area contributed by atoms with Crippen LogP contribution >= 0.6 is 0 Å². The smallest absolute Gasteiger partial charge is 0.313 e. The van der Waals surface area contributed by atoms with Crippen molar-refractivity contribution in [3.8, 4) is 0 Å². The van der Waals surface area contributed by atoms with Crippen LogP contribution < -0.4 is 10.6 Å². The molecule has 0 aliphatic rings. The molecule has 0 saturated carbocycles. The summed E-state index contributed by atoms with van der Waals surface area (Å²) >= 11 is 0. The van der Waals surface area contributed by atoms with Crippen molar-refractivity contribution in [3.63, 3.8) is 0 Å². The lowest BCUT2D eigenvalue weighted by Gasteiger charge is -2.07. The minimum Gasteiger partial charge on any atom is -0.344 e. The van der Waals surface area contributed by atoms with Crippen LogP contribution in [0.2, 0.25) is 0 Å². The van der Waals surface area contributed by atoms with Crippen molar-refractivity contribution in [2.75, 3.05) is 5.32 Å². The summed E-state index contributed by atoms with van der Waals surface area (Å²) in [5, 5.41) is 5.21. The zero-order chi connectivity index (χ0) is 15.9. The molecule has 2 aromatic carbocycles. The number of aryl methyl sites for hydroxylation is 2. The molecule has 2 rings (SSSR count). The van der Waals surface area contributed by atoms with E-state index >= 15 is 0 Å². The maximum Gasteiger partial charge on any atom is 0.313 e. The van der Waals surface area contributed by atoms with E-state index in [0.29, 0.717) is 12.2 Å². The van der Waals surface area contributed by atoms with Crippen LogP contribution in [0, 0.1) is 6.92 Å². The van der Waals surface area contributed by atoms with Crippen LogP contribution in [-0.2, 0) is 22.6 Å². The highest BCUT2D eigenvalue weighted by Gasteiger charge is 2.13. The zero-order valence-electron chi connectivity index (χ0n) is 12.8. The van der Waals surface area contributed by atoms with Crippen molar-refractivity contribution in [2.24, 2.45) is 0 Å². The van der Waals surface area contributed by atoms with Crippen molar-refractivity contribution in [2.45, 2.75) is 26.8 Å². The highest BCUT2D eigenvalue weighted by molar-refractivity contribution is 6.39. The summed E-state index contributed by atoms with van der Waals surface area (Å²) in [6, 6.07) is 15.3. The number of benzene rings is 2. The standard InChI is InChI=1S/C18H20N2O2/c1-3-14-7-9-15(10-8-14)12-19-17(21)18(22)20-16-6-4-5-13(2)11-16/h4-11H,3,12H2,1-2H3,(H,19,21)(H,20,22). The molecular formula is C18H20N2O2. The Kier molecular flexibility index (Phi) is 5.31. The molecule has 0 spiro atoms. The van der Waals surface area contributed by atoms with E-state index < -0.39 is 11.8 Å². The van der Waals surface area contributed by atoms with Gasteiger partial charge < -0.3 is 10.6 Å². The Morgan fingerprint density at radius 1 is 0.955 bits per heavy atom. The second-order valence-corrected chi connectivity index (χ2v) is 5.18. The zero-order valence-corrected chi connectivity index (χ0v) is 12.8. The van der Waals surface area contributed by atoms with Crippen LogP contribution in [0.25, 0.3) is 0 Å². The quantitative estimate of drug-likeness (QED) is 0.852. The first-order chi connectivity index (χ1) is 10.6. The third-order valence-electron chi connectivity index (χ3n) is 3.37. The van der Waals surface area contributed by atoms with E-state index in [2.05, 4.69) is 17.6 Å². The molecule has 0 aliphatic heterocycles. The number of hydrogen-bond acceptors (Lipinski definition) is 2. The molecular weight excluding hydrogens is 276 g/mol. The fourth-order valence-corrected chi connectivity index (χ4v) is 2.07. The van der Waals surface area contributed by atoms with Gasteiger partial charge in [-0.1, -0.05) is 43.3 Å². The van der Waals surface area contributed by atoms with Crippen molar-refractivity contribution in [1.29, 1.82) is 0 Å². The maximum absolute atomic E-state index is 11.8. The van der Waals surface area contributed by atoms with Gasteiger partial charge in [0.1, 0.15) is 0 Å². The number of carbonyl (C=O) groups excluding carboxylic acids is 2. The minimum absolute atomic E-state index is 0.337. The Bertz CT molecular complexity index is 663. The van der Waals surface area contributed by atoms with Gasteiger partial charge in [0, 0.05) is 12.2 Å². The summed E-state index contributed by atoms with van der Waals surface area (Å²) in [6.45, 7) is 4.35. The van der Waals surface area contributed by atoms with Crippen molar-refractivity contribution < 1.29 is 9.59 Å². The molecule has 0 aromatic heterocycles. The third kappa shape index (κ3) is 4.45. The molecule has 4 nitrogen and oxygen atoms in total. The van der Waals surface area contributed by atoms with Crippen LogP contribution in [-0.4, -0.2) is 11.8 Å². The summed E-state index contributed by atoms with van der Waals surface area (Å²) in [5.74, 6) is -1.29. The second kappa shape index (κ2) is 7.41. The van der Waals surface area contributed by atoms with Gasteiger partial charge in [-0.15, -0.1) is 0 Å². The van der Waals surface area contributed by atoms with Gasteiger partial charge in [0.25, 0.3) is 0 Å². The predicted octanol–water partition coefficient (Wildman–Crippen LogP) is 2.81. The van der Waals surface area contributed by atoms with Crippen LogP contribution in [0.1, 0.15) is 23.6 Å². The molecule has 4 heteroatoms. The van der Waals surface area contributed by atoms with Crippen LogP contribution in [0.15, 0.2) is 48.5 Å². The minimum atomic E-state index is -0.657. The lowest BCUT2D eigenvalue weighted by Crippen LogP contribution is -2.34. The van der Waals surface area contributed by atoms with Crippen LogP contribution in [0.4, 0.5) is 5.69 Å². The summed E-state index contributed by atoms with van der Waals surface area (Å²) in [6.07, 6.45) is 0.978. The van der Waals surface area contributed by atoms with Gasteiger partial charge in [0.15, 0.2) is 0 Å². The lowest BCUT2D eigenvalue weighted by molar-refractivity contribution is -0.136. The van der Waals surface area contributed by atoms with Gasteiger partial charge in [-0.2, -0.15) is 0 Å². The molecule has 0 radical (unpaired) electrons. The topological polar surface area (TPSA) is 58.2 Å². The van der Waals surface area contributed by atoms with Crippen LogP contribution in [0.3, 0.4) is 0 Å². The number of nitrogens with one attached hydrogen (secondary N) is 2. The Balaban J connectivity index is 1.87. The van der Waals surface area contributed by atoms with Crippen molar-refractivity contribution in [1.82, 2.24) is 5.32 Å². The molecule has 2 amide bonds. The first kappa shape index (κ1) is 15.8. The number of hydrogen-bond donors (Lipinski definition) is 2. The van der Waals surface area contributed by atoms with Gasteiger partial charge >= 0.3 is 11.8 Å². The fraction of sp³-hybridized carbons (Fsp3) is 0.222. The normalized spacial score (nSPS) is 10.1. The van der Waals surface area contributed by atoms with Gasteiger partial charge in [-0.05, 0) is 42.2 Å². The molecule has 2 N–H and O–H groups in total. The summed E-state index contributed by atoms with van der Waals surface area (Å²) in [4.78, 5) is 23.6. The van der Waals surface area contributed by atoms with E-state index in [0.717, 1.165) is 17.5 Å². The first-order valence-corrected chi connectivity index (χ1v) is 7.32. The molecule has 0 heterocycles. The fourth-order valence-electron chi connectivity index (χ4n) is 2.07. The highest BCUT2D eigenvalue weighted by Crippen LogP contribution is 2.09.